The minimum atomic E-state index is -0.322. The van der Waals surface area contributed by atoms with E-state index >= 15 is 0 Å². The Hall–Kier alpha value is -0.890. The van der Waals surface area contributed by atoms with Crippen molar-refractivity contribution >= 4 is 0 Å². The molecule has 1 rings (SSSR count). The van der Waals surface area contributed by atoms with Crippen molar-refractivity contribution in [3.63, 3.8) is 0 Å². The van der Waals surface area contributed by atoms with Gasteiger partial charge in [0.25, 0.3) is 0 Å². The molecule has 2 heteroatoms. The summed E-state index contributed by atoms with van der Waals surface area (Å²) in [5.74, 6) is 0.138. The summed E-state index contributed by atoms with van der Waals surface area (Å²) in [7, 11) is 0. The first kappa shape index (κ1) is 10.2. The molecule has 0 bridgehead atoms. The van der Waals surface area contributed by atoms with E-state index < -0.39 is 0 Å². The summed E-state index contributed by atoms with van der Waals surface area (Å²) in [6.45, 7) is 1.77. The van der Waals surface area contributed by atoms with Gasteiger partial charge in [-0.25, -0.2) is 0 Å². The molecule has 0 aliphatic heterocycles. The summed E-state index contributed by atoms with van der Waals surface area (Å²) in [5.41, 5.74) is 2.08. The normalized spacial score (nSPS) is 12.8. The minimum Gasteiger partial charge on any atom is -0.396 e. The Morgan fingerprint density at radius 2 is 2.23 bits per heavy atom. The zero-order valence-corrected chi connectivity index (χ0v) is 7.83. The van der Waals surface area contributed by atoms with Crippen LogP contribution in [0.5, 0.6) is 0 Å². The van der Waals surface area contributed by atoms with Crippen LogP contribution in [0.2, 0.25) is 0 Å². The molecule has 0 spiro atoms. The van der Waals surface area contributed by atoms with Crippen LogP contribution in [-0.2, 0) is 6.42 Å². The molecule has 0 saturated heterocycles. The Morgan fingerprint density at radius 3 is 2.85 bits per heavy atom. The van der Waals surface area contributed by atoms with E-state index in [2.05, 4.69) is 0 Å². The molecule has 0 saturated carbocycles. The Morgan fingerprint density at radius 1 is 1.46 bits per heavy atom. The van der Waals surface area contributed by atoms with Crippen molar-refractivity contribution in [3.05, 3.63) is 35.4 Å². The van der Waals surface area contributed by atoms with Crippen LogP contribution in [0.1, 0.15) is 24.0 Å². The van der Waals surface area contributed by atoms with Gasteiger partial charge in [-0.3, -0.25) is 4.39 Å². The predicted octanol–water partition coefficient (Wildman–Crippen LogP) is 2.29. The largest absolute Gasteiger partial charge is 0.396 e. The first-order chi connectivity index (χ1) is 6.27. The number of aryl methyl sites for hydroxylation is 1. The van der Waals surface area contributed by atoms with E-state index in [9.17, 15) is 4.39 Å². The fourth-order valence-corrected chi connectivity index (χ4v) is 1.27. The topological polar surface area (TPSA) is 20.2 Å². The SMILES string of the molecule is CC(CO)c1cccc(CCF)c1. The van der Waals surface area contributed by atoms with Gasteiger partial charge in [-0.15, -0.1) is 0 Å². The van der Waals surface area contributed by atoms with Gasteiger partial charge in [0.05, 0.1) is 6.67 Å². The van der Waals surface area contributed by atoms with Gasteiger partial charge in [0, 0.05) is 18.9 Å². The summed E-state index contributed by atoms with van der Waals surface area (Å²) >= 11 is 0. The molecule has 0 aliphatic rings. The van der Waals surface area contributed by atoms with E-state index in [1.807, 2.05) is 31.2 Å². The molecule has 72 valence electrons. The third-order valence-corrected chi connectivity index (χ3v) is 2.18. The number of hydrogen-bond donors (Lipinski definition) is 1. The number of rotatable bonds is 4. The molecule has 0 aromatic heterocycles. The molecule has 1 atom stereocenters. The Labute approximate surface area is 78.2 Å². The quantitative estimate of drug-likeness (QED) is 0.757. The van der Waals surface area contributed by atoms with Crippen molar-refractivity contribution in [2.24, 2.45) is 0 Å². The molecule has 0 amide bonds. The van der Waals surface area contributed by atoms with Crippen molar-refractivity contribution in [1.82, 2.24) is 0 Å². The van der Waals surface area contributed by atoms with Gasteiger partial charge in [-0.1, -0.05) is 31.2 Å². The third kappa shape index (κ3) is 2.81. The van der Waals surface area contributed by atoms with Crippen LogP contribution in [0.15, 0.2) is 24.3 Å². The molecule has 0 heterocycles. The lowest BCUT2D eigenvalue weighted by Crippen LogP contribution is -1.99. The summed E-state index contributed by atoms with van der Waals surface area (Å²) in [6, 6.07) is 7.74. The molecule has 1 unspecified atom stereocenters. The van der Waals surface area contributed by atoms with Crippen LogP contribution in [0, 0.1) is 0 Å². The molecule has 1 N–H and O–H groups in total. The van der Waals surface area contributed by atoms with Gasteiger partial charge in [-0.05, 0) is 11.1 Å². The second-order valence-corrected chi connectivity index (χ2v) is 3.27. The van der Waals surface area contributed by atoms with Gasteiger partial charge in [0.1, 0.15) is 0 Å². The van der Waals surface area contributed by atoms with Crippen molar-refractivity contribution in [2.45, 2.75) is 19.3 Å². The van der Waals surface area contributed by atoms with Gasteiger partial charge >= 0.3 is 0 Å². The molecule has 1 nitrogen and oxygen atoms in total. The second kappa shape index (κ2) is 4.97. The highest BCUT2D eigenvalue weighted by Gasteiger charge is 2.03. The lowest BCUT2D eigenvalue weighted by molar-refractivity contribution is 0.273. The van der Waals surface area contributed by atoms with E-state index in [0.29, 0.717) is 6.42 Å². The maximum absolute atomic E-state index is 12.0. The van der Waals surface area contributed by atoms with Crippen molar-refractivity contribution < 1.29 is 9.50 Å². The van der Waals surface area contributed by atoms with Crippen molar-refractivity contribution in [1.29, 1.82) is 0 Å². The van der Waals surface area contributed by atoms with Crippen molar-refractivity contribution in [2.75, 3.05) is 13.3 Å². The van der Waals surface area contributed by atoms with E-state index in [1.165, 1.54) is 0 Å². The first-order valence-electron chi connectivity index (χ1n) is 4.53. The lowest BCUT2D eigenvalue weighted by Gasteiger charge is -2.09. The Kier molecular flexibility index (Phi) is 3.90. The molecule has 13 heavy (non-hydrogen) atoms. The number of benzene rings is 1. The number of aliphatic hydroxyl groups excluding tert-OH is 1. The van der Waals surface area contributed by atoms with E-state index in [1.54, 1.807) is 0 Å². The number of halogens is 1. The van der Waals surface area contributed by atoms with Crippen LogP contribution < -0.4 is 0 Å². The maximum atomic E-state index is 12.0. The van der Waals surface area contributed by atoms with Crippen LogP contribution in [0.25, 0.3) is 0 Å². The highest BCUT2D eigenvalue weighted by atomic mass is 19.1. The lowest BCUT2D eigenvalue weighted by atomic mass is 9.99. The summed E-state index contributed by atoms with van der Waals surface area (Å²) in [4.78, 5) is 0. The van der Waals surface area contributed by atoms with Gasteiger partial charge < -0.3 is 5.11 Å². The second-order valence-electron chi connectivity index (χ2n) is 3.27. The highest BCUT2D eigenvalue weighted by molar-refractivity contribution is 5.26. The standard InChI is InChI=1S/C11H15FO/c1-9(8-13)11-4-2-3-10(7-11)5-6-12/h2-4,7,9,13H,5-6,8H2,1H3. The fourth-order valence-electron chi connectivity index (χ4n) is 1.27. The molecule has 0 aliphatic carbocycles. The fraction of sp³-hybridized carbons (Fsp3) is 0.455. The summed E-state index contributed by atoms with van der Waals surface area (Å²) in [5, 5.41) is 8.93. The van der Waals surface area contributed by atoms with Crippen LogP contribution in [0.4, 0.5) is 4.39 Å². The van der Waals surface area contributed by atoms with Gasteiger partial charge in [-0.2, -0.15) is 0 Å². The Balaban J connectivity index is 2.78. The van der Waals surface area contributed by atoms with Crippen molar-refractivity contribution in [3.8, 4) is 0 Å². The minimum absolute atomic E-state index is 0.138. The van der Waals surface area contributed by atoms with E-state index in [-0.39, 0.29) is 19.2 Å². The number of aliphatic hydroxyl groups is 1. The van der Waals surface area contributed by atoms with E-state index in [0.717, 1.165) is 11.1 Å². The summed E-state index contributed by atoms with van der Waals surface area (Å²) in [6.07, 6.45) is 0.464. The molecular weight excluding hydrogens is 167 g/mol. The van der Waals surface area contributed by atoms with Crippen LogP contribution >= 0.6 is 0 Å². The zero-order chi connectivity index (χ0) is 9.68. The van der Waals surface area contributed by atoms with Gasteiger partial charge in [0.2, 0.25) is 0 Å². The zero-order valence-electron chi connectivity index (χ0n) is 7.83. The monoisotopic (exact) mass is 182 g/mol. The average molecular weight is 182 g/mol. The molecule has 0 fully saturated rings. The van der Waals surface area contributed by atoms with Crippen LogP contribution in [-0.4, -0.2) is 18.4 Å². The third-order valence-electron chi connectivity index (χ3n) is 2.18. The highest BCUT2D eigenvalue weighted by Crippen LogP contribution is 2.16. The molecule has 1 aromatic carbocycles. The van der Waals surface area contributed by atoms with Crippen LogP contribution in [0.3, 0.4) is 0 Å². The smallest absolute Gasteiger partial charge is 0.0934 e. The molecule has 1 aromatic rings. The average Bonchev–Trinajstić information content (AvgIpc) is 2.18. The number of alkyl halides is 1. The van der Waals surface area contributed by atoms with E-state index in [4.69, 9.17) is 5.11 Å². The van der Waals surface area contributed by atoms with Gasteiger partial charge in [0.15, 0.2) is 0 Å². The summed E-state index contributed by atoms with van der Waals surface area (Å²) < 4.78 is 12.0. The predicted molar refractivity (Wildman–Crippen MR) is 51.6 cm³/mol. The first-order valence-corrected chi connectivity index (χ1v) is 4.53. The molecular formula is C11H15FO. The Bertz CT molecular complexity index is 260. The molecule has 0 radical (unpaired) electrons. The maximum Gasteiger partial charge on any atom is 0.0934 e. The number of hydrogen-bond acceptors (Lipinski definition) is 1.